The molecule has 18 heavy (non-hydrogen) atoms. The summed E-state index contributed by atoms with van der Waals surface area (Å²) in [4.78, 5) is 25.7. The fourth-order valence-electron chi connectivity index (χ4n) is 3.39. The first-order valence-electron chi connectivity index (χ1n) is 7.02. The zero-order valence-corrected chi connectivity index (χ0v) is 10.7. The molecule has 100 valence electrons. The maximum atomic E-state index is 12.2. The Morgan fingerprint density at radius 3 is 2.61 bits per heavy atom. The van der Waals surface area contributed by atoms with Crippen LogP contribution in [0.1, 0.15) is 25.7 Å². The van der Waals surface area contributed by atoms with Gasteiger partial charge in [0, 0.05) is 25.6 Å². The van der Waals surface area contributed by atoms with E-state index >= 15 is 0 Å². The van der Waals surface area contributed by atoms with E-state index < -0.39 is 0 Å². The van der Waals surface area contributed by atoms with Crippen molar-refractivity contribution in [2.24, 2.45) is 11.8 Å². The summed E-state index contributed by atoms with van der Waals surface area (Å²) in [6, 6.07) is 0.331. The lowest BCUT2D eigenvalue weighted by molar-refractivity contribution is -0.130. The van der Waals surface area contributed by atoms with Crippen LogP contribution in [0.25, 0.3) is 0 Å². The molecule has 0 aromatic rings. The highest BCUT2D eigenvalue weighted by Gasteiger charge is 2.36. The highest BCUT2D eigenvalue weighted by molar-refractivity contribution is 5.83. The van der Waals surface area contributed by atoms with E-state index in [-0.39, 0.29) is 17.7 Å². The van der Waals surface area contributed by atoms with Gasteiger partial charge in [0.1, 0.15) is 0 Å². The average Bonchev–Trinajstić information content (AvgIpc) is 2.41. The third kappa shape index (κ3) is 2.36. The Labute approximate surface area is 107 Å². The molecule has 2 amide bonds. The number of piperidine rings is 4. The molecule has 4 saturated heterocycles. The van der Waals surface area contributed by atoms with Crippen LogP contribution in [0.15, 0.2) is 0 Å². The molecule has 2 atom stereocenters. The Kier molecular flexibility index (Phi) is 3.24. The van der Waals surface area contributed by atoms with Gasteiger partial charge in [0.25, 0.3) is 0 Å². The van der Waals surface area contributed by atoms with Crippen LogP contribution in [0.2, 0.25) is 0 Å². The Morgan fingerprint density at radius 2 is 2.06 bits per heavy atom. The topological polar surface area (TPSA) is 61.4 Å². The molecule has 0 spiro atoms. The highest BCUT2D eigenvalue weighted by atomic mass is 16.2. The van der Waals surface area contributed by atoms with Gasteiger partial charge in [0.15, 0.2) is 0 Å². The van der Waals surface area contributed by atoms with E-state index in [1.165, 1.54) is 25.9 Å². The van der Waals surface area contributed by atoms with Crippen LogP contribution in [0.3, 0.4) is 0 Å². The lowest BCUT2D eigenvalue weighted by Gasteiger charge is -2.45. The monoisotopic (exact) mass is 251 g/mol. The van der Waals surface area contributed by atoms with Gasteiger partial charge in [-0.1, -0.05) is 0 Å². The zero-order valence-electron chi connectivity index (χ0n) is 10.7. The lowest BCUT2D eigenvalue weighted by atomic mass is 9.83. The number of carbonyl (C=O) groups is 2. The van der Waals surface area contributed by atoms with Crippen molar-refractivity contribution < 1.29 is 9.59 Å². The van der Waals surface area contributed by atoms with E-state index in [0.717, 1.165) is 6.54 Å². The summed E-state index contributed by atoms with van der Waals surface area (Å²) in [5, 5.41) is 5.98. The molecule has 2 bridgehead atoms. The van der Waals surface area contributed by atoms with Gasteiger partial charge in [-0.2, -0.15) is 0 Å². The van der Waals surface area contributed by atoms with Crippen molar-refractivity contribution >= 4 is 11.8 Å². The molecule has 0 radical (unpaired) electrons. The number of hydrogen-bond donors (Lipinski definition) is 2. The molecule has 2 N–H and O–H groups in total. The summed E-state index contributed by atoms with van der Waals surface area (Å²) >= 11 is 0. The van der Waals surface area contributed by atoms with Crippen molar-refractivity contribution in [3.8, 4) is 0 Å². The molecule has 0 aromatic carbocycles. The molecular formula is C13H21N3O2. The first-order chi connectivity index (χ1) is 8.72. The second-order valence-corrected chi connectivity index (χ2v) is 5.79. The molecule has 5 heteroatoms. The van der Waals surface area contributed by atoms with Gasteiger partial charge < -0.3 is 15.5 Å². The third-order valence-corrected chi connectivity index (χ3v) is 4.62. The maximum Gasteiger partial charge on any atom is 0.225 e. The van der Waals surface area contributed by atoms with Crippen molar-refractivity contribution in [1.29, 1.82) is 0 Å². The zero-order chi connectivity index (χ0) is 12.5. The van der Waals surface area contributed by atoms with Crippen LogP contribution in [0.4, 0.5) is 0 Å². The minimum atomic E-state index is -0.0295. The smallest absolute Gasteiger partial charge is 0.225 e. The van der Waals surface area contributed by atoms with E-state index in [0.29, 0.717) is 31.3 Å². The van der Waals surface area contributed by atoms with E-state index in [9.17, 15) is 9.59 Å². The minimum absolute atomic E-state index is 0.0295. The van der Waals surface area contributed by atoms with Gasteiger partial charge in [0.05, 0.1) is 5.92 Å². The number of fused-ring (bicyclic) bond motifs is 3. The van der Waals surface area contributed by atoms with Crippen LogP contribution in [-0.4, -0.2) is 48.9 Å². The fourth-order valence-corrected chi connectivity index (χ4v) is 3.39. The number of rotatable bonds is 2. The van der Waals surface area contributed by atoms with E-state index in [1.54, 1.807) is 0 Å². The van der Waals surface area contributed by atoms with Gasteiger partial charge in [0.2, 0.25) is 11.8 Å². The second kappa shape index (κ2) is 4.88. The SMILES string of the molecule is O=C1CCC(C(=O)NC2CN3CCC2CC3)CN1. The number of amides is 2. The number of nitrogens with zero attached hydrogens (tertiary/aromatic N) is 1. The molecule has 4 aliphatic heterocycles. The standard InChI is InChI=1S/C13H21N3O2/c17-12-2-1-10(7-14-12)13(18)15-11-8-16-5-3-9(11)4-6-16/h9-11H,1-8H2,(H,14,17)(H,15,18). The summed E-state index contributed by atoms with van der Waals surface area (Å²) in [5.74, 6) is 0.839. The van der Waals surface area contributed by atoms with Crippen molar-refractivity contribution in [3.05, 3.63) is 0 Å². The molecule has 0 aromatic heterocycles. The summed E-state index contributed by atoms with van der Waals surface area (Å²) in [5.41, 5.74) is 0. The molecule has 0 saturated carbocycles. The predicted molar refractivity (Wildman–Crippen MR) is 66.8 cm³/mol. The summed E-state index contributed by atoms with van der Waals surface area (Å²) in [6.45, 7) is 3.90. The molecule has 4 fully saturated rings. The number of nitrogens with one attached hydrogen (secondary N) is 2. The Balaban J connectivity index is 1.53. The Morgan fingerprint density at radius 1 is 1.28 bits per heavy atom. The predicted octanol–water partition coefficient (Wildman–Crippen LogP) is -0.277. The van der Waals surface area contributed by atoms with E-state index in [1.807, 2.05) is 0 Å². The van der Waals surface area contributed by atoms with Crippen molar-refractivity contribution in [1.82, 2.24) is 15.5 Å². The molecule has 5 nitrogen and oxygen atoms in total. The summed E-state index contributed by atoms with van der Waals surface area (Å²) in [7, 11) is 0. The molecular weight excluding hydrogens is 230 g/mol. The molecule has 2 unspecified atom stereocenters. The van der Waals surface area contributed by atoms with Gasteiger partial charge in [-0.25, -0.2) is 0 Å². The van der Waals surface area contributed by atoms with Crippen molar-refractivity contribution in [2.75, 3.05) is 26.2 Å². The molecule has 4 heterocycles. The van der Waals surface area contributed by atoms with Crippen LogP contribution in [0.5, 0.6) is 0 Å². The van der Waals surface area contributed by atoms with Crippen LogP contribution in [-0.2, 0) is 9.59 Å². The lowest BCUT2D eigenvalue weighted by Crippen LogP contribution is -2.58. The summed E-state index contributed by atoms with van der Waals surface area (Å²) in [6.07, 6.45) is 3.61. The quantitative estimate of drug-likeness (QED) is 0.710. The third-order valence-electron chi connectivity index (χ3n) is 4.62. The molecule has 4 rings (SSSR count). The highest BCUT2D eigenvalue weighted by Crippen LogP contribution is 2.27. The van der Waals surface area contributed by atoms with Gasteiger partial charge >= 0.3 is 0 Å². The first kappa shape index (κ1) is 12.0. The van der Waals surface area contributed by atoms with Gasteiger partial charge in [-0.3, -0.25) is 9.59 Å². The minimum Gasteiger partial charge on any atom is -0.355 e. The van der Waals surface area contributed by atoms with Crippen molar-refractivity contribution in [3.63, 3.8) is 0 Å². The molecule has 4 aliphatic rings. The van der Waals surface area contributed by atoms with Gasteiger partial charge in [-0.15, -0.1) is 0 Å². The fraction of sp³-hybridized carbons (Fsp3) is 0.846. The average molecular weight is 251 g/mol. The van der Waals surface area contributed by atoms with Gasteiger partial charge in [-0.05, 0) is 38.3 Å². The number of hydrogen-bond acceptors (Lipinski definition) is 3. The molecule has 0 aliphatic carbocycles. The maximum absolute atomic E-state index is 12.2. The van der Waals surface area contributed by atoms with E-state index in [2.05, 4.69) is 15.5 Å². The Bertz CT molecular complexity index is 340. The van der Waals surface area contributed by atoms with Crippen LogP contribution >= 0.6 is 0 Å². The largest absolute Gasteiger partial charge is 0.355 e. The normalized spacial score (nSPS) is 39.2. The summed E-state index contributed by atoms with van der Waals surface area (Å²) < 4.78 is 0. The van der Waals surface area contributed by atoms with Crippen LogP contribution < -0.4 is 10.6 Å². The number of carbonyl (C=O) groups excluding carboxylic acids is 2. The second-order valence-electron chi connectivity index (χ2n) is 5.79. The van der Waals surface area contributed by atoms with Crippen molar-refractivity contribution in [2.45, 2.75) is 31.7 Å². The first-order valence-corrected chi connectivity index (χ1v) is 7.02. The van der Waals surface area contributed by atoms with E-state index in [4.69, 9.17) is 0 Å². The van der Waals surface area contributed by atoms with Crippen LogP contribution in [0, 0.1) is 11.8 Å². The Hall–Kier alpha value is -1.10.